The van der Waals surface area contributed by atoms with E-state index in [1.54, 1.807) is 13.0 Å². The van der Waals surface area contributed by atoms with Crippen LogP contribution in [0, 0.1) is 12.7 Å². The summed E-state index contributed by atoms with van der Waals surface area (Å²) in [4.78, 5) is 11.5. The molecule has 0 aliphatic rings. The molecule has 0 spiro atoms. The van der Waals surface area contributed by atoms with Gasteiger partial charge in [0.25, 0.3) is 5.91 Å². The van der Waals surface area contributed by atoms with Crippen LogP contribution in [0.3, 0.4) is 0 Å². The van der Waals surface area contributed by atoms with Gasteiger partial charge in [-0.15, -0.1) is 0 Å². The molecule has 0 aliphatic heterocycles. The molecular weight excluding hydrogens is 211 g/mol. The molecule has 2 rings (SSSR count). The number of aromatic amines is 1. The van der Waals surface area contributed by atoms with Crippen LogP contribution in [0.1, 0.15) is 16.1 Å². The maximum atomic E-state index is 13.4. The van der Waals surface area contributed by atoms with Gasteiger partial charge in [-0.2, -0.15) is 15.4 Å². The van der Waals surface area contributed by atoms with E-state index in [1.807, 2.05) is 0 Å². The quantitative estimate of drug-likeness (QED) is 0.805. The van der Waals surface area contributed by atoms with E-state index in [0.29, 0.717) is 0 Å². The lowest BCUT2D eigenvalue weighted by Gasteiger charge is -2.04. The van der Waals surface area contributed by atoms with Gasteiger partial charge in [0, 0.05) is 0 Å². The Morgan fingerprint density at radius 2 is 2.31 bits per heavy atom. The van der Waals surface area contributed by atoms with Crippen molar-refractivity contribution in [2.45, 2.75) is 6.92 Å². The van der Waals surface area contributed by atoms with Crippen LogP contribution >= 0.6 is 0 Å². The third kappa shape index (κ3) is 2.05. The zero-order valence-electron chi connectivity index (χ0n) is 8.49. The fourth-order valence-corrected chi connectivity index (χ4v) is 1.22. The third-order valence-corrected chi connectivity index (χ3v) is 2.02. The van der Waals surface area contributed by atoms with E-state index in [-0.39, 0.29) is 11.4 Å². The maximum Gasteiger partial charge on any atom is 0.277 e. The van der Waals surface area contributed by atoms with Crippen LogP contribution in [0.4, 0.5) is 10.1 Å². The summed E-state index contributed by atoms with van der Waals surface area (Å²) in [5.41, 5.74) is 1.02. The zero-order valence-corrected chi connectivity index (χ0v) is 8.49. The number of amides is 1. The maximum absolute atomic E-state index is 13.4. The van der Waals surface area contributed by atoms with Gasteiger partial charge in [0.1, 0.15) is 5.82 Å². The zero-order chi connectivity index (χ0) is 11.5. The number of halogens is 1. The molecule has 0 fully saturated rings. The van der Waals surface area contributed by atoms with Crippen molar-refractivity contribution in [3.8, 4) is 0 Å². The Morgan fingerprint density at radius 3 is 2.94 bits per heavy atom. The molecule has 6 heteroatoms. The first-order chi connectivity index (χ1) is 7.66. The predicted molar refractivity (Wildman–Crippen MR) is 55.5 cm³/mol. The van der Waals surface area contributed by atoms with Crippen molar-refractivity contribution in [2.24, 2.45) is 0 Å². The lowest BCUT2D eigenvalue weighted by Crippen LogP contribution is -2.13. The molecule has 2 aromatic rings. The molecule has 0 atom stereocenters. The van der Waals surface area contributed by atoms with E-state index >= 15 is 0 Å². The Kier molecular flexibility index (Phi) is 2.63. The molecule has 16 heavy (non-hydrogen) atoms. The number of nitrogens with zero attached hydrogens (tertiary/aromatic N) is 2. The topological polar surface area (TPSA) is 70.7 Å². The Hall–Kier alpha value is -2.24. The van der Waals surface area contributed by atoms with Gasteiger partial charge in [-0.05, 0) is 24.6 Å². The number of benzene rings is 1. The fourth-order valence-electron chi connectivity index (χ4n) is 1.22. The number of aromatic nitrogens is 3. The van der Waals surface area contributed by atoms with Crippen molar-refractivity contribution < 1.29 is 9.18 Å². The summed E-state index contributed by atoms with van der Waals surface area (Å²) in [5.74, 6) is -0.978. The lowest BCUT2D eigenvalue weighted by atomic mass is 10.2. The molecule has 2 N–H and O–H groups in total. The summed E-state index contributed by atoms with van der Waals surface area (Å²) in [7, 11) is 0. The van der Waals surface area contributed by atoms with Crippen molar-refractivity contribution in [1.29, 1.82) is 0 Å². The minimum Gasteiger partial charge on any atom is -0.318 e. The molecule has 0 saturated heterocycles. The van der Waals surface area contributed by atoms with Crippen molar-refractivity contribution in [3.63, 3.8) is 0 Å². The van der Waals surface area contributed by atoms with Crippen molar-refractivity contribution in [3.05, 3.63) is 41.5 Å². The molecule has 1 amide bonds. The highest BCUT2D eigenvalue weighted by atomic mass is 19.1. The normalized spacial score (nSPS) is 10.1. The van der Waals surface area contributed by atoms with Gasteiger partial charge in [0.2, 0.25) is 0 Å². The second kappa shape index (κ2) is 4.09. The second-order valence-electron chi connectivity index (χ2n) is 3.29. The summed E-state index contributed by atoms with van der Waals surface area (Å²) in [6.07, 6.45) is 1.27. The van der Waals surface area contributed by atoms with E-state index in [4.69, 9.17) is 0 Å². The van der Waals surface area contributed by atoms with Gasteiger partial charge >= 0.3 is 0 Å². The fraction of sp³-hybridized carbons (Fsp3) is 0.100. The molecule has 0 bridgehead atoms. The van der Waals surface area contributed by atoms with Gasteiger partial charge in [-0.3, -0.25) is 4.79 Å². The Balaban J connectivity index is 2.18. The Labute approximate surface area is 90.7 Å². The van der Waals surface area contributed by atoms with Crippen molar-refractivity contribution >= 4 is 11.6 Å². The van der Waals surface area contributed by atoms with E-state index < -0.39 is 11.7 Å². The number of hydrogen-bond donors (Lipinski definition) is 2. The smallest absolute Gasteiger partial charge is 0.277 e. The van der Waals surface area contributed by atoms with Gasteiger partial charge in [-0.25, -0.2) is 4.39 Å². The van der Waals surface area contributed by atoms with Gasteiger partial charge in [0.15, 0.2) is 5.69 Å². The van der Waals surface area contributed by atoms with E-state index in [0.717, 1.165) is 5.56 Å². The van der Waals surface area contributed by atoms with Crippen LogP contribution in [0.5, 0.6) is 0 Å². The first-order valence-corrected chi connectivity index (χ1v) is 4.60. The summed E-state index contributed by atoms with van der Waals surface area (Å²) < 4.78 is 13.4. The summed E-state index contributed by atoms with van der Waals surface area (Å²) in [6, 6.07) is 4.56. The average Bonchev–Trinajstić information content (AvgIpc) is 2.75. The summed E-state index contributed by atoms with van der Waals surface area (Å²) in [6.45, 7) is 1.77. The van der Waals surface area contributed by atoms with Crippen molar-refractivity contribution in [1.82, 2.24) is 15.4 Å². The molecule has 0 unspecified atom stereocenters. The molecule has 0 saturated carbocycles. The first kappa shape index (κ1) is 10.3. The highest BCUT2D eigenvalue weighted by Gasteiger charge is 2.11. The number of rotatable bonds is 2. The molecule has 82 valence electrons. The van der Waals surface area contributed by atoms with Crippen LogP contribution in [-0.2, 0) is 0 Å². The highest BCUT2D eigenvalue weighted by molar-refractivity contribution is 6.02. The number of anilines is 1. The van der Waals surface area contributed by atoms with Crippen molar-refractivity contribution in [2.75, 3.05) is 5.32 Å². The Morgan fingerprint density at radius 1 is 1.50 bits per heavy atom. The minimum atomic E-state index is -0.503. The Bertz CT molecular complexity index is 510. The van der Waals surface area contributed by atoms with Gasteiger partial charge in [-0.1, -0.05) is 6.07 Å². The highest BCUT2D eigenvalue weighted by Crippen LogP contribution is 2.15. The molecular formula is C10H9FN4O. The number of hydrogen-bond acceptors (Lipinski definition) is 3. The molecule has 1 heterocycles. The third-order valence-electron chi connectivity index (χ3n) is 2.02. The van der Waals surface area contributed by atoms with E-state index in [1.165, 1.54) is 18.3 Å². The van der Waals surface area contributed by atoms with Gasteiger partial charge < -0.3 is 5.32 Å². The summed E-state index contributed by atoms with van der Waals surface area (Å²) in [5, 5.41) is 11.8. The number of carbonyl (C=O) groups is 1. The second-order valence-corrected chi connectivity index (χ2v) is 3.29. The van der Waals surface area contributed by atoms with Crippen LogP contribution in [-0.4, -0.2) is 21.3 Å². The monoisotopic (exact) mass is 220 g/mol. The van der Waals surface area contributed by atoms with Crippen LogP contribution in [0.25, 0.3) is 0 Å². The molecule has 0 aliphatic carbocycles. The summed E-state index contributed by atoms with van der Waals surface area (Å²) >= 11 is 0. The van der Waals surface area contributed by atoms with E-state index in [2.05, 4.69) is 20.7 Å². The molecule has 1 aromatic heterocycles. The lowest BCUT2D eigenvalue weighted by molar-refractivity contribution is 0.102. The number of carbonyl (C=O) groups excluding carboxylic acids is 1. The van der Waals surface area contributed by atoms with Gasteiger partial charge in [0.05, 0.1) is 11.9 Å². The molecule has 5 nitrogen and oxygen atoms in total. The van der Waals surface area contributed by atoms with Crippen LogP contribution in [0.2, 0.25) is 0 Å². The van der Waals surface area contributed by atoms with E-state index in [9.17, 15) is 9.18 Å². The predicted octanol–water partition coefficient (Wildman–Crippen LogP) is 1.50. The SMILES string of the molecule is Cc1ccc(NC(=O)c2cn[nH]n2)c(F)c1. The largest absolute Gasteiger partial charge is 0.318 e. The first-order valence-electron chi connectivity index (χ1n) is 4.60. The van der Waals surface area contributed by atoms with Crippen LogP contribution < -0.4 is 5.32 Å². The standard InChI is InChI=1S/C10H9FN4O/c1-6-2-3-8(7(11)4-6)13-10(16)9-5-12-15-14-9/h2-5H,1H3,(H,13,16)(H,12,14,15). The molecule has 0 radical (unpaired) electrons. The van der Waals surface area contributed by atoms with Crippen LogP contribution in [0.15, 0.2) is 24.4 Å². The molecule has 1 aromatic carbocycles. The number of nitrogens with one attached hydrogen (secondary N) is 2. The average molecular weight is 220 g/mol. The number of aryl methyl sites for hydroxylation is 1. The number of H-pyrrole nitrogens is 1. The minimum absolute atomic E-state index is 0.111.